The third kappa shape index (κ3) is 3.72. The van der Waals surface area contributed by atoms with Gasteiger partial charge < -0.3 is 0 Å². The van der Waals surface area contributed by atoms with Crippen molar-refractivity contribution in [2.45, 2.75) is 18.0 Å². The number of hydrogen-bond acceptors (Lipinski definition) is 2. The molecule has 8 heteroatoms. The lowest BCUT2D eigenvalue weighted by Gasteiger charge is -2.13. The number of sulfonamides is 1. The summed E-state index contributed by atoms with van der Waals surface area (Å²) >= 11 is 5.49. The molecule has 0 aliphatic heterocycles. The average Bonchev–Trinajstić information content (AvgIpc) is 2.39. The Labute approximate surface area is 130 Å². The van der Waals surface area contributed by atoms with Crippen LogP contribution in [0.25, 0.3) is 0 Å². The van der Waals surface area contributed by atoms with E-state index in [1.165, 1.54) is 18.2 Å². The number of rotatable bonds is 3. The molecule has 0 saturated carbocycles. The van der Waals surface area contributed by atoms with Crippen molar-refractivity contribution in [2.24, 2.45) is 0 Å². The van der Waals surface area contributed by atoms with Gasteiger partial charge in [0.05, 0.1) is 15.5 Å². The molecule has 22 heavy (non-hydrogen) atoms. The summed E-state index contributed by atoms with van der Waals surface area (Å²) < 4.78 is 64.8. The summed E-state index contributed by atoms with van der Waals surface area (Å²) in [6.45, 7) is 1.71. The molecule has 3 nitrogen and oxygen atoms in total. The molecule has 0 atom stereocenters. The minimum Gasteiger partial charge on any atom is -0.280 e. The van der Waals surface area contributed by atoms with Crippen LogP contribution in [0.1, 0.15) is 11.1 Å². The van der Waals surface area contributed by atoms with Gasteiger partial charge in [-0.25, -0.2) is 8.42 Å². The predicted molar refractivity (Wildman–Crippen MR) is 78.4 cm³/mol. The van der Waals surface area contributed by atoms with Crippen molar-refractivity contribution in [3.63, 3.8) is 0 Å². The first kappa shape index (κ1) is 16.6. The van der Waals surface area contributed by atoms with E-state index in [1.54, 1.807) is 19.1 Å². The molecule has 0 saturated heterocycles. The van der Waals surface area contributed by atoms with E-state index in [0.717, 1.165) is 11.6 Å². The summed E-state index contributed by atoms with van der Waals surface area (Å²) in [6.07, 6.45) is -4.66. The summed E-state index contributed by atoms with van der Waals surface area (Å²) in [5.41, 5.74) is -0.591. The van der Waals surface area contributed by atoms with Crippen LogP contribution >= 0.6 is 11.6 Å². The molecule has 0 aliphatic carbocycles. The van der Waals surface area contributed by atoms with Gasteiger partial charge in [0.15, 0.2) is 0 Å². The van der Waals surface area contributed by atoms with Crippen molar-refractivity contribution in [3.05, 3.63) is 58.6 Å². The Bertz CT molecular complexity index is 804. The lowest BCUT2D eigenvalue weighted by Crippen LogP contribution is -2.14. The molecule has 0 aliphatic rings. The van der Waals surface area contributed by atoms with Crippen molar-refractivity contribution < 1.29 is 21.6 Å². The van der Waals surface area contributed by atoms with Crippen LogP contribution in [0.15, 0.2) is 47.4 Å². The largest absolute Gasteiger partial charge is 0.417 e. The van der Waals surface area contributed by atoms with Gasteiger partial charge in [-0.15, -0.1) is 0 Å². The highest BCUT2D eigenvalue weighted by molar-refractivity contribution is 7.92. The molecule has 118 valence electrons. The van der Waals surface area contributed by atoms with Crippen molar-refractivity contribution in [1.29, 1.82) is 0 Å². The maximum absolute atomic E-state index is 12.8. The number of aryl methyl sites for hydroxylation is 1. The summed E-state index contributed by atoms with van der Waals surface area (Å²) in [7, 11) is -3.97. The Hall–Kier alpha value is -1.73. The van der Waals surface area contributed by atoms with Crippen LogP contribution in [-0.4, -0.2) is 8.42 Å². The molecule has 0 fully saturated rings. The topological polar surface area (TPSA) is 46.2 Å². The Balaban J connectivity index is 2.39. The molecule has 0 unspecified atom stereocenters. The minimum atomic E-state index is -4.66. The Morgan fingerprint density at radius 1 is 1.09 bits per heavy atom. The molecule has 0 aromatic heterocycles. The smallest absolute Gasteiger partial charge is 0.280 e. The minimum absolute atomic E-state index is 0.0315. The van der Waals surface area contributed by atoms with E-state index in [0.29, 0.717) is 6.07 Å². The van der Waals surface area contributed by atoms with Crippen molar-refractivity contribution in [2.75, 3.05) is 4.72 Å². The van der Waals surface area contributed by atoms with Gasteiger partial charge in [-0.2, -0.15) is 13.2 Å². The van der Waals surface area contributed by atoms with Crippen molar-refractivity contribution in [1.82, 2.24) is 0 Å². The van der Waals surface area contributed by atoms with E-state index in [-0.39, 0.29) is 10.6 Å². The van der Waals surface area contributed by atoms with Gasteiger partial charge in [-0.3, -0.25) is 4.72 Å². The van der Waals surface area contributed by atoms with E-state index in [1.807, 2.05) is 0 Å². The quantitative estimate of drug-likeness (QED) is 0.888. The van der Waals surface area contributed by atoms with Gasteiger partial charge in [-0.1, -0.05) is 23.7 Å². The first-order chi connectivity index (χ1) is 10.1. The standard InChI is InChI=1S/C14H11ClF3NO2S/c1-9-3-2-4-11(7-9)22(20,21)19-10-5-6-13(15)12(8-10)14(16,17)18/h2-8,19H,1H3. The van der Waals surface area contributed by atoms with Crippen LogP contribution in [-0.2, 0) is 16.2 Å². The SMILES string of the molecule is Cc1cccc(S(=O)(=O)Nc2ccc(Cl)c(C(F)(F)F)c2)c1. The van der Waals surface area contributed by atoms with Crippen LogP contribution in [0.5, 0.6) is 0 Å². The molecule has 2 rings (SSSR count). The van der Waals surface area contributed by atoms with Gasteiger partial charge in [0.2, 0.25) is 0 Å². The van der Waals surface area contributed by atoms with E-state index in [4.69, 9.17) is 11.6 Å². The van der Waals surface area contributed by atoms with Crippen LogP contribution in [0, 0.1) is 6.92 Å². The fraction of sp³-hybridized carbons (Fsp3) is 0.143. The molecule has 2 aromatic rings. The molecular formula is C14H11ClF3NO2S. The van der Waals surface area contributed by atoms with Gasteiger partial charge in [0, 0.05) is 5.69 Å². The van der Waals surface area contributed by atoms with Gasteiger partial charge in [-0.05, 0) is 42.8 Å². The van der Waals surface area contributed by atoms with Crippen LogP contribution in [0.2, 0.25) is 5.02 Å². The lowest BCUT2D eigenvalue weighted by molar-refractivity contribution is -0.137. The lowest BCUT2D eigenvalue weighted by atomic mass is 10.2. The van der Waals surface area contributed by atoms with E-state index in [9.17, 15) is 21.6 Å². The molecule has 0 amide bonds. The van der Waals surface area contributed by atoms with Crippen LogP contribution in [0.3, 0.4) is 0 Å². The van der Waals surface area contributed by atoms with E-state index < -0.39 is 26.8 Å². The molecule has 1 N–H and O–H groups in total. The third-order valence-corrected chi connectivity index (χ3v) is 4.53. The summed E-state index contributed by atoms with van der Waals surface area (Å²) in [5.74, 6) is 0. The van der Waals surface area contributed by atoms with E-state index in [2.05, 4.69) is 4.72 Å². The van der Waals surface area contributed by atoms with Crippen LogP contribution in [0.4, 0.5) is 18.9 Å². The zero-order valence-corrected chi connectivity index (χ0v) is 12.9. The number of nitrogens with one attached hydrogen (secondary N) is 1. The Kier molecular flexibility index (Phi) is 4.39. The Morgan fingerprint density at radius 3 is 2.36 bits per heavy atom. The normalized spacial score (nSPS) is 12.2. The summed E-state index contributed by atoms with van der Waals surface area (Å²) in [4.78, 5) is -0.0315. The maximum Gasteiger partial charge on any atom is 0.417 e. The van der Waals surface area contributed by atoms with Crippen LogP contribution < -0.4 is 4.72 Å². The van der Waals surface area contributed by atoms with Gasteiger partial charge in [0.1, 0.15) is 0 Å². The number of alkyl halides is 3. The average molecular weight is 350 g/mol. The highest BCUT2D eigenvalue weighted by atomic mass is 35.5. The third-order valence-electron chi connectivity index (χ3n) is 2.82. The Morgan fingerprint density at radius 2 is 1.77 bits per heavy atom. The summed E-state index contributed by atoms with van der Waals surface area (Å²) in [6, 6.07) is 8.87. The monoisotopic (exact) mass is 349 g/mol. The fourth-order valence-electron chi connectivity index (χ4n) is 1.80. The van der Waals surface area contributed by atoms with Gasteiger partial charge >= 0.3 is 6.18 Å². The number of hydrogen-bond donors (Lipinski definition) is 1. The second kappa shape index (κ2) is 5.81. The first-order valence-corrected chi connectivity index (χ1v) is 7.92. The zero-order valence-electron chi connectivity index (χ0n) is 11.3. The molecule has 0 heterocycles. The van der Waals surface area contributed by atoms with Crippen molar-refractivity contribution in [3.8, 4) is 0 Å². The first-order valence-electron chi connectivity index (χ1n) is 6.06. The molecule has 2 aromatic carbocycles. The predicted octanol–water partition coefficient (Wildman–Crippen LogP) is 4.47. The number of halogens is 4. The van der Waals surface area contributed by atoms with Gasteiger partial charge in [0.25, 0.3) is 10.0 Å². The maximum atomic E-state index is 12.8. The second-order valence-corrected chi connectivity index (χ2v) is 6.70. The second-order valence-electron chi connectivity index (χ2n) is 4.61. The summed E-state index contributed by atoms with van der Waals surface area (Å²) in [5, 5.41) is -0.494. The highest BCUT2D eigenvalue weighted by Crippen LogP contribution is 2.36. The fourth-order valence-corrected chi connectivity index (χ4v) is 3.18. The number of anilines is 1. The number of benzene rings is 2. The molecular weight excluding hydrogens is 339 g/mol. The zero-order chi connectivity index (χ0) is 16.5. The van der Waals surface area contributed by atoms with Crippen molar-refractivity contribution >= 4 is 27.3 Å². The molecule has 0 radical (unpaired) electrons. The highest BCUT2D eigenvalue weighted by Gasteiger charge is 2.33. The molecule has 0 spiro atoms. The van der Waals surface area contributed by atoms with E-state index >= 15 is 0 Å². The molecule has 0 bridgehead atoms.